The molecule has 236 valence electrons. The molecule has 4 unspecified atom stereocenters. The van der Waals surface area contributed by atoms with E-state index in [-0.39, 0.29) is 28.8 Å². The van der Waals surface area contributed by atoms with Crippen LogP contribution in [0.25, 0.3) is 0 Å². The molecule has 3 bridgehead atoms. The Balaban J connectivity index is 1.42. The summed E-state index contributed by atoms with van der Waals surface area (Å²) in [6.45, 7) is 24.3. The lowest BCUT2D eigenvalue weighted by molar-refractivity contribution is 0.325. The van der Waals surface area contributed by atoms with E-state index < -0.39 is 0 Å². The molecule has 3 aliphatic heterocycles. The molecule has 0 amide bonds. The third-order valence-electron chi connectivity index (χ3n) is 12.4. The van der Waals surface area contributed by atoms with E-state index in [0.717, 1.165) is 19.3 Å². The molecule has 0 saturated carbocycles. The molecular formula is C44H50N2. The van der Waals surface area contributed by atoms with Gasteiger partial charge in [0.25, 0.3) is 0 Å². The fourth-order valence-electron chi connectivity index (χ4n) is 10.1. The van der Waals surface area contributed by atoms with Gasteiger partial charge in [0.1, 0.15) is 0 Å². The molecule has 46 heavy (non-hydrogen) atoms. The topological polar surface area (TPSA) is 15.3 Å². The maximum Gasteiger partial charge on any atom is 0.0638 e. The summed E-state index contributed by atoms with van der Waals surface area (Å²) in [5, 5.41) is 3.98. The van der Waals surface area contributed by atoms with Crippen LogP contribution < -0.4 is 5.32 Å². The van der Waals surface area contributed by atoms with Crippen LogP contribution in [-0.4, -0.2) is 10.9 Å². The number of nitrogens with one attached hydrogen (secondary N) is 1. The van der Waals surface area contributed by atoms with Gasteiger partial charge in [0.2, 0.25) is 0 Å². The van der Waals surface area contributed by atoms with E-state index in [0.29, 0.717) is 11.8 Å². The Bertz CT molecular complexity index is 1870. The molecule has 1 aromatic rings. The Morgan fingerprint density at radius 2 is 1.70 bits per heavy atom. The van der Waals surface area contributed by atoms with Gasteiger partial charge in [-0.05, 0) is 82.2 Å². The molecule has 1 saturated heterocycles. The molecule has 1 aromatic carbocycles. The Hall–Kier alpha value is -3.78. The second-order valence-corrected chi connectivity index (χ2v) is 16.0. The third-order valence-corrected chi connectivity index (χ3v) is 12.4. The molecule has 0 radical (unpaired) electrons. The highest BCUT2D eigenvalue weighted by molar-refractivity contribution is 5.66. The Morgan fingerprint density at radius 3 is 2.48 bits per heavy atom. The number of fused-ring (bicyclic) bond motifs is 10. The zero-order valence-corrected chi connectivity index (χ0v) is 29.1. The van der Waals surface area contributed by atoms with Crippen LogP contribution in [-0.2, 0) is 5.41 Å². The predicted octanol–water partition coefficient (Wildman–Crippen LogP) is 10.6. The largest absolute Gasteiger partial charge is 0.379 e. The van der Waals surface area contributed by atoms with E-state index in [1.807, 2.05) is 0 Å². The van der Waals surface area contributed by atoms with E-state index >= 15 is 0 Å². The first-order chi connectivity index (χ1) is 21.9. The van der Waals surface area contributed by atoms with Gasteiger partial charge >= 0.3 is 0 Å². The highest BCUT2D eigenvalue weighted by Crippen LogP contribution is 2.60. The Morgan fingerprint density at radius 1 is 0.935 bits per heavy atom. The molecule has 7 aliphatic rings. The Kier molecular flexibility index (Phi) is 6.51. The van der Waals surface area contributed by atoms with Crippen molar-refractivity contribution in [2.75, 3.05) is 0 Å². The van der Waals surface area contributed by atoms with Gasteiger partial charge in [0.05, 0.1) is 6.04 Å². The first-order valence-corrected chi connectivity index (χ1v) is 17.7. The molecule has 0 aromatic heterocycles. The SMILES string of the molecule is C=C1C2=C(C(C)C)C(C)(C)C3=CCC=C3N2C2/C=C3\C=C/C4=C(C=C(C4)C(C)C4=CCC=C4NC(C)c4ccccc4C3(C)C)C12. The van der Waals surface area contributed by atoms with Crippen LogP contribution in [0, 0.1) is 23.2 Å². The minimum atomic E-state index is -0.201. The summed E-state index contributed by atoms with van der Waals surface area (Å²) < 4.78 is 0. The van der Waals surface area contributed by atoms with Gasteiger partial charge in [-0.3, -0.25) is 0 Å². The number of benzene rings is 1. The lowest BCUT2D eigenvalue weighted by Crippen LogP contribution is -2.40. The smallest absolute Gasteiger partial charge is 0.0638 e. The second kappa shape index (κ2) is 10.1. The molecular weight excluding hydrogens is 556 g/mol. The number of allylic oxidation sites excluding steroid dienone is 14. The number of nitrogens with zero attached hydrogens (tertiary/aromatic N) is 1. The van der Waals surface area contributed by atoms with E-state index in [9.17, 15) is 0 Å². The average molecular weight is 607 g/mol. The predicted molar refractivity (Wildman–Crippen MR) is 193 cm³/mol. The molecule has 1 fully saturated rings. The van der Waals surface area contributed by atoms with Crippen molar-refractivity contribution in [2.24, 2.45) is 23.2 Å². The number of hydrogen-bond donors (Lipinski definition) is 1. The maximum absolute atomic E-state index is 5.01. The molecule has 0 spiro atoms. The summed E-state index contributed by atoms with van der Waals surface area (Å²) in [5.41, 5.74) is 18.3. The third kappa shape index (κ3) is 4.01. The van der Waals surface area contributed by atoms with Gasteiger partial charge in [-0.1, -0.05) is 133 Å². The van der Waals surface area contributed by atoms with E-state index in [1.54, 1.807) is 5.57 Å². The van der Waals surface area contributed by atoms with Crippen molar-refractivity contribution >= 4 is 0 Å². The second-order valence-electron chi connectivity index (χ2n) is 16.0. The lowest BCUT2D eigenvalue weighted by Gasteiger charge is -2.46. The summed E-state index contributed by atoms with van der Waals surface area (Å²) in [5.74, 6) is 0.987. The fourth-order valence-corrected chi connectivity index (χ4v) is 10.1. The molecule has 4 atom stereocenters. The van der Waals surface area contributed by atoms with E-state index in [4.69, 9.17) is 6.58 Å². The van der Waals surface area contributed by atoms with Gasteiger partial charge in [0.15, 0.2) is 0 Å². The standard InChI is InChI=1S/C44H50N2/c1-25(2)41-42-27(4)40-34-23-30-22-29(34)20-21-31(24-39(40)46(42)38-19-13-17-36(38)44(41,8)9)43(6,7)35-16-11-10-14-33(35)28(5)45-37-18-12-15-32(37)26(30)3/h10-11,14-21,23-26,28,39-40,45H,4,12-13,22H2,1-3,5-9H3/b21-20-,31-24+. The Labute approximate surface area is 277 Å². The molecule has 8 rings (SSSR count). The van der Waals surface area contributed by atoms with E-state index in [2.05, 4.69) is 138 Å². The van der Waals surface area contributed by atoms with Gasteiger partial charge < -0.3 is 10.2 Å². The van der Waals surface area contributed by atoms with Gasteiger partial charge in [-0.25, -0.2) is 0 Å². The summed E-state index contributed by atoms with van der Waals surface area (Å²) in [6, 6.07) is 9.50. The monoisotopic (exact) mass is 606 g/mol. The zero-order valence-electron chi connectivity index (χ0n) is 29.1. The fraction of sp³-hybridized carbons (Fsp3) is 0.409. The normalized spacial score (nSPS) is 32.1. The quantitative estimate of drug-likeness (QED) is 0.342. The maximum atomic E-state index is 5.01. The van der Waals surface area contributed by atoms with Crippen molar-refractivity contribution in [2.45, 2.75) is 92.2 Å². The first kappa shape index (κ1) is 29.6. The number of hydrogen-bond acceptors (Lipinski definition) is 2. The van der Waals surface area contributed by atoms with Crippen molar-refractivity contribution in [3.63, 3.8) is 0 Å². The minimum Gasteiger partial charge on any atom is -0.379 e. The highest BCUT2D eigenvalue weighted by Gasteiger charge is 2.53. The van der Waals surface area contributed by atoms with Crippen molar-refractivity contribution in [1.82, 2.24) is 10.2 Å². The van der Waals surface area contributed by atoms with Gasteiger partial charge in [-0.15, -0.1) is 0 Å². The highest BCUT2D eigenvalue weighted by atomic mass is 15.2. The van der Waals surface area contributed by atoms with Crippen LogP contribution in [0.3, 0.4) is 0 Å². The van der Waals surface area contributed by atoms with Crippen LogP contribution in [0.1, 0.15) is 91.8 Å². The van der Waals surface area contributed by atoms with Crippen LogP contribution in [0.2, 0.25) is 0 Å². The lowest BCUT2D eigenvalue weighted by atomic mass is 9.68. The minimum absolute atomic E-state index is 0.0197. The summed E-state index contributed by atoms with van der Waals surface area (Å²) in [4.78, 5) is 2.73. The van der Waals surface area contributed by atoms with Crippen LogP contribution >= 0.6 is 0 Å². The number of rotatable bonds is 1. The zero-order chi connectivity index (χ0) is 32.3. The van der Waals surface area contributed by atoms with Gasteiger partial charge in [0, 0.05) is 45.8 Å². The van der Waals surface area contributed by atoms with Crippen molar-refractivity contribution < 1.29 is 0 Å². The average Bonchev–Trinajstić information content (AvgIpc) is 3.80. The van der Waals surface area contributed by atoms with Gasteiger partial charge in [-0.2, -0.15) is 0 Å². The summed E-state index contributed by atoms with van der Waals surface area (Å²) >= 11 is 0. The summed E-state index contributed by atoms with van der Waals surface area (Å²) in [6.07, 6.45) is 23.0. The molecule has 3 heterocycles. The first-order valence-electron chi connectivity index (χ1n) is 17.7. The molecule has 1 N–H and O–H groups in total. The molecule has 2 nitrogen and oxygen atoms in total. The molecule has 4 aliphatic carbocycles. The van der Waals surface area contributed by atoms with E-state index in [1.165, 1.54) is 67.2 Å². The summed E-state index contributed by atoms with van der Waals surface area (Å²) in [7, 11) is 0. The van der Waals surface area contributed by atoms with Crippen LogP contribution in [0.5, 0.6) is 0 Å². The van der Waals surface area contributed by atoms with Crippen molar-refractivity contribution in [3.05, 3.63) is 152 Å². The van der Waals surface area contributed by atoms with Crippen molar-refractivity contribution in [1.29, 1.82) is 0 Å². The van der Waals surface area contributed by atoms with Crippen LogP contribution in [0.4, 0.5) is 0 Å². The van der Waals surface area contributed by atoms with Crippen molar-refractivity contribution in [3.8, 4) is 0 Å². The molecule has 2 heteroatoms. The van der Waals surface area contributed by atoms with Crippen LogP contribution in [0.15, 0.2) is 141 Å².